The molecule has 6 nitrogen and oxygen atoms in total. The van der Waals surface area contributed by atoms with Crippen LogP contribution in [0.2, 0.25) is 0 Å². The molecule has 2 heterocycles. The van der Waals surface area contributed by atoms with Gasteiger partial charge in [0.15, 0.2) is 0 Å². The van der Waals surface area contributed by atoms with Crippen molar-refractivity contribution >= 4 is 17.7 Å². The SMILES string of the molecule is CCC1CN(c2ccc(C(=O)OCc3cccnc3)c(F)c2)C(=O)O1. The van der Waals surface area contributed by atoms with Gasteiger partial charge in [-0.1, -0.05) is 13.0 Å². The van der Waals surface area contributed by atoms with Crippen LogP contribution in [0.3, 0.4) is 0 Å². The lowest BCUT2D eigenvalue weighted by atomic mass is 10.1. The van der Waals surface area contributed by atoms with Crippen molar-refractivity contribution in [3.63, 3.8) is 0 Å². The summed E-state index contributed by atoms with van der Waals surface area (Å²) in [5, 5.41) is 0. The van der Waals surface area contributed by atoms with Gasteiger partial charge in [-0.05, 0) is 30.7 Å². The molecular weight excluding hydrogens is 327 g/mol. The van der Waals surface area contributed by atoms with Crippen LogP contribution in [-0.2, 0) is 16.1 Å². The Morgan fingerprint density at radius 1 is 1.44 bits per heavy atom. The van der Waals surface area contributed by atoms with Gasteiger partial charge in [-0.2, -0.15) is 0 Å². The fourth-order valence-electron chi connectivity index (χ4n) is 2.49. The van der Waals surface area contributed by atoms with E-state index in [1.807, 2.05) is 6.92 Å². The van der Waals surface area contributed by atoms with Crippen LogP contribution in [0.5, 0.6) is 0 Å². The summed E-state index contributed by atoms with van der Waals surface area (Å²) in [6.45, 7) is 2.27. The Hall–Kier alpha value is -2.96. The van der Waals surface area contributed by atoms with Gasteiger partial charge in [0.1, 0.15) is 18.5 Å². The van der Waals surface area contributed by atoms with Crippen LogP contribution < -0.4 is 4.90 Å². The van der Waals surface area contributed by atoms with Crippen LogP contribution in [0.15, 0.2) is 42.7 Å². The maximum absolute atomic E-state index is 14.3. The van der Waals surface area contributed by atoms with Crippen molar-refractivity contribution in [3.05, 3.63) is 59.7 Å². The first-order valence-corrected chi connectivity index (χ1v) is 7.92. The number of hydrogen-bond donors (Lipinski definition) is 0. The monoisotopic (exact) mass is 344 g/mol. The van der Waals surface area contributed by atoms with Gasteiger partial charge >= 0.3 is 12.1 Å². The van der Waals surface area contributed by atoms with Crippen LogP contribution in [0.4, 0.5) is 14.9 Å². The summed E-state index contributed by atoms with van der Waals surface area (Å²) in [7, 11) is 0. The van der Waals surface area contributed by atoms with E-state index in [0.29, 0.717) is 24.2 Å². The Bertz CT molecular complexity index is 782. The number of halogens is 1. The van der Waals surface area contributed by atoms with Gasteiger partial charge in [0.05, 0.1) is 17.8 Å². The highest BCUT2D eigenvalue weighted by atomic mass is 19.1. The molecule has 1 fully saturated rings. The summed E-state index contributed by atoms with van der Waals surface area (Å²) in [5.74, 6) is -1.52. The predicted molar refractivity (Wildman–Crippen MR) is 87.7 cm³/mol. The van der Waals surface area contributed by atoms with Crippen LogP contribution in [0.25, 0.3) is 0 Å². The minimum atomic E-state index is -0.775. The van der Waals surface area contributed by atoms with E-state index in [0.717, 1.165) is 6.07 Å². The number of ether oxygens (including phenoxy) is 2. The molecule has 1 aliphatic rings. The topological polar surface area (TPSA) is 68.7 Å². The van der Waals surface area contributed by atoms with Crippen LogP contribution in [0, 0.1) is 5.82 Å². The van der Waals surface area contributed by atoms with E-state index in [-0.39, 0.29) is 18.3 Å². The molecule has 130 valence electrons. The second-order valence-corrected chi connectivity index (χ2v) is 5.63. The zero-order valence-electron chi connectivity index (χ0n) is 13.6. The first-order valence-electron chi connectivity index (χ1n) is 7.92. The highest BCUT2D eigenvalue weighted by Crippen LogP contribution is 2.25. The van der Waals surface area contributed by atoms with Crippen molar-refractivity contribution in [2.75, 3.05) is 11.4 Å². The number of pyridine rings is 1. The third kappa shape index (κ3) is 3.76. The normalized spacial score (nSPS) is 16.6. The van der Waals surface area contributed by atoms with Gasteiger partial charge in [0.2, 0.25) is 0 Å². The van der Waals surface area contributed by atoms with Gasteiger partial charge < -0.3 is 9.47 Å². The molecule has 0 bridgehead atoms. The molecule has 0 N–H and O–H groups in total. The summed E-state index contributed by atoms with van der Waals surface area (Å²) in [5.41, 5.74) is 0.868. The van der Waals surface area contributed by atoms with Crippen molar-refractivity contribution in [1.82, 2.24) is 4.98 Å². The number of amides is 1. The van der Waals surface area contributed by atoms with E-state index in [2.05, 4.69) is 4.98 Å². The molecule has 1 aliphatic heterocycles. The Balaban J connectivity index is 1.69. The minimum Gasteiger partial charge on any atom is -0.457 e. The summed E-state index contributed by atoms with van der Waals surface area (Å²) in [6, 6.07) is 7.42. The number of hydrogen-bond acceptors (Lipinski definition) is 5. The van der Waals surface area contributed by atoms with E-state index in [1.165, 1.54) is 17.0 Å². The van der Waals surface area contributed by atoms with Crippen molar-refractivity contribution < 1.29 is 23.5 Å². The standard InChI is InChI=1S/C18H17FN2O4/c1-2-14-10-21(18(23)25-14)13-5-6-15(16(19)8-13)17(22)24-11-12-4-3-7-20-9-12/h3-9,14H,2,10-11H2,1H3. The summed E-state index contributed by atoms with van der Waals surface area (Å²) in [4.78, 5) is 29.1. The lowest BCUT2D eigenvalue weighted by Crippen LogP contribution is -2.24. The molecule has 3 rings (SSSR count). The largest absolute Gasteiger partial charge is 0.457 e. The summed E-state index contributed by atoms with van der Waals surface area (Å²) in [6.07, 6.45) is 3.13. The van der Waals surface area contributed by atoms with Crippen molar-refractivity contribution in [3.8, 4) is 0 Å². The lowest BCUT2D eigenvalue weighted by Gasteiger charge is -2.14. The smallest absolute Gasteiger partial charge is 0.414 e. The average Bonchev–Trinajstić information content (AvgIpc) is 3.01. The summed E-state index contributed by atoms with van der Waals surface area (Å²) < 4.78 is 24.5. The first-order chi connectivity index (χ1) is 12.1. The van der Waals surface area contributed by atoms with E-state index in [1.54, 1.807) is 24.5 Å². The maximum Gasteiger partial charge on any atom is 0.414 e. The van der Waals surface area contributed by atoms with Gasteiger partial charge in [0, 0.05) is 18.0 Å². The molecule has 1 atom stereocenters. The number of esters is 1. The van der Waals surface area contributed by atoms with Gasteiger partial charge in [-0.25, -0.2) is 14.0 Å². The molecule has 1 aromatic carbocycles. The number of anilines is 1. The number of nitrogens with zero attached hydrogens (tertiary/aromatic N) is 2. The maximum atomic E-state index is 14.3. The lowest BCUT2D eigenvalue weighted by molar-refractivity contribution is 0.0467. The van der Waals surface area contributed by atoms with Crippen molar-refractivity contribution in [1.29, 1.82) is 0 Å². The van der Waals surface area contributed by atoms with Crippen LogP contribution >= 0.6 is 0 Å². The van der Waals surface area contributed by atoms with E-state index in [4.69, 9.17) is 9.47 Å². The Morgan fingerprint density at radius 2 is 2.28 bits per heavy atom. The van der Waals surface area contributed by atoms with E-state index in [9.17, 15) is 14.0 Å². The second-order valence-electron chi connectivity index (χ2n) is 5.63. The fourth-order valence-corrected chi connectivity index (χ4v) is 2.49. The Kier molecular flexibility index (Phi) is 4.92. The van der Waals surface area contributed by atoms with Gasteiger partial charge in [-0.15, -0.1) is 0 Å². The minimum absolute atomic E-state index is 0.00446. The molecule has 1 amide bonds. The van der Waals surface area contributed by atoms with E-state index < -0.39 is 17.9 Å². The number of carbonyl (C=O) groups is 2. The molecule has 0 saturated carbocycles. The number of benzene rings is 1. The Labute approximate surface area is 144 Å². The quantitative estimate of drug-likeness (QED) is 0.779. The Morgan fingerprint density at radius 3 is 2.92 bits per heavy atom. The van der Waals surface area contributed by atoms with Gasteiger partial charge in [0.25, 0.3) is 0 Å². The molecular formula is C18H17FN2O4. The van der Waals surface area contributed by atoms with Crippen molar-refractivity contribution in [2.45, 2.75) is 26.1 Å². The predicted octanol–water partition coefficient (Wildman–Crippen LogP) is 3.31. The number of aromatic nitrogens is 1. The average molecular weight is 344 g/mol. The zero-order valence-corrected chi connectivity index (χ0v) is 13.6. The first kappa shape index (κ1) is 16.9. The molecule has 1 unspecified atom stereocenters. The van der Waals surface area contributed by atoms with Crippen LogP contribution in [0.1, 0.15) is 29.3 Å². The highest BCUT2D eigenvalue weighted by molar-refractivity contribution is 5.93. The summed E-state index contributed by atoms with van der Waals surface area (Å²) >= 11 is 0. The number of rotatable bonds is 5. The molecule has 1 aromatic heterocycles. The third-order valence-electron chi connectivity index (χ3n) is 3.91. The van der Waals surface area contributed by atoms with Crippen molar-refractivity contribution in [2.24, 2.45) is 0 Å². The second kappa shape index (κ2) is 7.29. The van der Waals surface area contributed by atoms with Crippen LogP contribution in [-0.4, -0.2) is 29.7 Å². The molecule has 0 radical (unpaired) electrons. The van der Waals surface area contributed by atoms with Gasteiger partial charge in [-0.3, -0.25) is 9.88 Å². The highest BCUT2D eigenvalue weighted by Gasteiger charge is 2.31. The molecule has 0 aliphatic carbocycles. The molecule has 1 saturated heterocycles. The number of carbonyl (C=O) groups excluding carboxylic acids is 2. The number of cyclic esters (lactones) is 1. The fraction of sp³-hybridized carbons (Fsp3) is 0.278. The molecule has 7 heteroatoms. The molecule has 25 heavy (non-hydrogen) atoms. The third-order valence-corrected chi connectivity index (χ3v) is 3.91. The zero-order chi connectivity index (χ0) is 17.8. The molecule has 0 spiro atoms. The van der Waals surface area contributed by atoms with E-state index >= 15 is 0 Å². The molecule has 2 aromatic rings.